The Morgan fingerprint density at radius 1 is 0.649 bits per heavy atom. The van der Waals surface area contributed by atoms with Gasteiger partial charge in [-0.1, -0.05) is 36.4 Å². The number of anilines is 2. The van der Waals surface area contributed by atoms with E-state index in [2.05, 4.69) is 15.6 Å². The normalized spacial score (nSPS) is 16.3. The third-order valence-electron chi connectivity index (χ3n) is 10.7. The molecule has 3 heterocycles. The SMILES string of the molecule is COc1ccccc1CC(=O)N1CCC[C@H]1CC(=O)Nc1ccc(-c2cnc(-c3ccc(NC(=O)C[C@@H]4CCCN4C(=O)Cc4ccccc4OC)cc3)o2)cc1. The molecule has 294 valence electrons. The molecule has 0 spiro atoms. The molecular formula is C45H47N5O7. The van der Waals surface area contributed by atoms with Crippen LogP contribution < -0.4 is 20.1 Å². The van der Waals surface area contributed by atoms with Gasteiger partial charge in [-0.25, -0.2) is 4.98 Å². The maximum atomic E-state index is 13.2. The summed E-state index contributed by atoms with van der Waals surface area (Å²) in [6.45, 7) is 1.27. The molecule has 0 bridgehead atoms. The average molecular weight is 770 g/mol. The van der Waals surface area contributed by atoms with E-state index in [1.165, 1.54) is 0 Å². The number of benzene rings is 4. The molecule has 2 N–H and O–H groups in total. The Morgan fingerprint density at radius 2 is 1.11 bits per heavy atom. The first-order chi connectivity index (χ1) is 27.8. The lowest BCUT2D eigenvalue weighted by Crippen LogP contribution is -2.38. The van der Waals surface area contributed by atoms with E-state index in [9.17, 15) is 19.2 Å². The highest BCUT2D eigenvalue weighted by Crippen LogP contribution is 2.30. The van der Waals surface area contributed by atoms with Crippen LogP contribution in [0.1, 0.15) is 49.7 Å². The van der Waals surface area contributed by atoms with Gasteiger partial charge in [-0.2, -0.15) is 0 Å². The molecule has 0 saturated carbocycles. The third-order valence-corrected chi connectivity index (χ3v) is 10.7. The van der Waals surface area contributed by atoms with E-state index in [0.29, 0.717) is 47.6 Å². The molecular weight excluding hydrogens is 723 g/mol. The van der Waals surface area contributed by atoms with Crippen LogP contribution in [0.2, 0.25) is 0 Å². The average Bonchev–Trinajstić information content (AvgIpc) is 4.01. The highest BCUT2D eigenvalue weighted by Gasteiger charge is 2.32. The zero-order valence-electron chi connectivity index (χ0n) is 32.2. The van der Waals surface area contributed by atoms with Gasteiger partial charge in [-0.15, -0.1) is 0 Å². The van der Waals surface area contributed by atoms with Gasteiger partial charge in [-0.3, -0.25) is 19.2 Å². The molecule has 57 heavy (non-hydrogen) atoms. The molecule has 4 aromatic carbocycles. The standard InChI is InChI=1S/C45H47N5O7/c1-55-38-13-5-3-9-32(38)25-43(53)49-23-7-11-36(49)27-41(51)47-34-19-15-30(16-20-34)40-29-46-45(57-40)31-17-21-35(22-18-31)48-42(52)28-37-12-8-24-50(37)44(54)26-33-10-4-6-14-39(33)56-2/h3-6,9-10,13-22,29,36-37H,7-8,11-12,23-28H2,1-2H3,(H,47,51)(H,48,52)/t36-,37-/m0/s1. The summed E-state index contributed by atoms with van der Waals surface area (Å²) in [5.41, 5.74) is 4.48. The van der Waals surface area contributed by atoms with Crippen LogP contribution in [0.15, 0.2) is 108 Å². The summed E-state index contributed by atoms with van der Waals surface area (Å²) < 4.78 is 16.9. The van der Waals surface area contributed by atoms with Crippen molar-refractivity contribution in [2.75, 3.05) is 37.9 Å². The van der Waals surface area contributed by atoms with Gasteiger partial charge >= 0.3 is 0 Å². The number of carbonyl (C=O) groups is 4. The van der Waals surface area contributed by atoms with Crippen LogP contribution >= 0.6 is 0 Å². The fourth-order valence-corrected chi connectivity index (χ4v) is 7.79. The fourth-order valence-electron chi connectivity index (χ4n) is 7.79. The molecule has 2 saturated heterocycles. The van der Waals surface area contributed by atoms with Gasteiger partial charge in [0, 0.05) is 71.6 Å². The molecule has 2 atom stereocenters. The molecule has 7 rings (SSSR count). The van der Waals surface area contributed by atoms with Crippen molar-refractivity contribution in [2.45, 2.75) is 63.5 Å². The van der Waals surface area contributed by atoms with E-state index >= 15 is 0 Å². The Bertz CT molecular complexity index is 2050. The second-order valence-electron chi connectivity index (χ2n) is 14.4. The quantitative estimate of drug-likeness (QED) is 0.121. The minimum atomic E-state index is -0.154. The summed E-state index contributed by atoms with van der Waals surface area (Å²) in [5, 5.41) is 5.93. The topological polar surface area (TPSA) is 143 Å². The number of oxazole rings is 1. The van der Waals surface area contributed by atoms with Crippen molar-refractivity contribution in [3.05, 3.63) is 114 Å². The van der Waals surface area contributed by atoms with E-state index in [4.69, 9.17) is 13.9 Å². The Hall–Kier alpha value is -6.43. The summed E-state index contributed by atoms with van der Waals surface area (Å²) in [6, 6.07) is 29.3. The highest BCUT2D eigenvalue weighted by molar-refractivity contribution is 5.93. The lowest BCUT2D eigenvalue weighted by Gasteiger charge is -2.25. The fraction of sp³-hybridized carbons (Fsp3) is 0.311. The van der Waals surface area contributed by atoms with Crippen LogP contribution in [0, 0.1) is 0 Å². The lowest BCUT2D eigenvalue weighted by atomic mass is 10.1. The van der Waals surface area contributed by atoms with Crippen molar-refractivity contribution in [1.29, 1.82) is 0 Å². The zero-order valence-corrected chi connectivity index (χ0v) is 32.2. The summed E-state index contributed by atoms with van der Waals surface area (Å²) in [6.07, 6.45) is 5.84. The lowest BCUT2D eigenvalue weighted by molar-refractivity contribution is -0.133. The molecule has 0 aliphatic carbocycles. The summed E-state index contributed by atoms with van der Waals surface area (Å²) in [7, 11) is 3.19. The van der Waals surface area contributed by atoms with Gasteiger partial charge in [0.15, 0.2) is 5.76 Å². The summed E-state index contributed by atoms with van der Waals surface area (Å²) in [5.74, 6) is 2.04. The van der Waals surface area contributed by atoms with Gasteiger partial charge < -0.3 is 34.3 Å². The van der Waals surface area contributed by atoms with Crippen molar-refractivity contribution < 1.29 is 33.1 Å². The maximum Gasteiger partial charge on any atom is 0.227 e. The molecule has 0 radical (unpaired) electrons. The van der Waals surface area contributed by atoms with Crippen molar-refractivity contribution in [3.8, 4) is 34.3 Å². The summed E-state index contributed by atoms with van der Waals surface area (Å²) >= 11 is 0. The van der Waals surface area contributed by atoms with Gasteiger partial charge in [0.25, 0.3) is 0 Å². The van der Waals surface area contributed by atoms with E-state index in [1.807, 2.05) is 94.7 Å². The van der Waals surface area contributed by atoms with Crippen LogP contribution in [-0.2, 0) is 32.0 Å². The van der Waals surface area contributed by atoms with Crippen LogP contribution in [0.4, 0.5) is 11.4 Å². The molecule has 12 heteroatoms. The highest BCUT2D eigenvalue weighted by atomic mass is 16.5. The Kier molecular flexibility index (Phi) is 12.3. The molecule has 0 unspecified atom stereocenters. The monoisotopic (exact) mass is 769 g/mol. The number of hydrogen-bond acceptors (Lipinski definition) is 8. The number of methoxy groups -OCH3 is 2. The van der Waals surface area contributed by atoms with Crippen LogP contribution in [-0.4, -0.2) is 77.8 Å². The third kappa shape index (κ3) is 9.52. The smallest absolute Gasteiger partial charge is 0.227 e. The van der Waals surface area contributed by atoms with Gasteiger partial charge in [0.05, 0.1) is 33.3 Å². The van der Waals surface area contributed by atoms with Crippen LogP contribution in [0.25, 0.3) is 22.8 Å². The van der Waals surface area contributed by atoms with Crippen molar-refractivity contribution in [3.63, 3.8) is 0 Å². The Labute approximate surface area is 332 Å². The number of rotatable bonds is 14. The van der Waals surface area contributed by atoms with E-state index in [1.54, 1.807) is 32.5 Å². The van der Waals surface area contributed by atoms with Crippen molar-refractivity contribution in [2.24, 2.45) is 0 Å². The van der Waals surface area contributed by atoms with Crippen LogP contribution in [0.3, 0.4) is 0 Å². The number of nitrogens with zero attached hydrogens (tertiary/aromatic N) is 3. The molecule has 2 fully saturated rings. The first-order valence-electron chi connectivity index (χ1n) is 19.4. The minimum absolute atomic E-state index is 0.00752. The first-order valence-corrected chi connectivity index (χ1v) is 19.4. The second kappa shape index (κ2) is 18.0. The molecule has 12 nitrogen and oxygen atoms in total. The second-order valence-corrected chi connectivity index (χ2v) is 14.4. The number of hydrogen-bond donors (Lipinski definition) is 2. The van der Waals surface area contributed by atoms with E-state index in [0.717, 1.165) is 47.9 Å². The number of carbonyl (C=O) groups excluding carboxylic acids is 4. The summed E-state index contributed by atoms with van der Waals surface area (Å²) in [4.78, 5) is 60.6. The predicted octanol–water partition coefficient (Wildman–Crippen LogP) is 7.15. The first kappa shape index (κ1) is 38.8. The number of aromatic nitrogens is 1. The molecule has 5 aromatic rings. The predicted molar refractivity (Wildman–Crippen MR) is 217 cm³/mol. The minimum Gasteiger partial charge on any atom is -0.496 e. The number of amides is 4. The van der Waals surface area contributed by atoms with Gasteiger partial charge in [0.2, 0.25) is 29.5 Å². The van der Waals surface area contributed by atoms with E-state index in [-0.39, 0.29) is 61.4 Å². The Morgan fingerprint density at radius 3 is 1.58 bits per heavy atom. The molecule has 2 aliphatic heterocycles. The van der Waals surface area contributed by atoms with Crippen molar-refractivity contribution >= 4 is 35.0 Å². The van der Waals surface area contributed by atoms with Gasteiger partial charge in [0.1, 0.15) is 11.5 Å². The van der Waals surface area contributed by atoms with Gasteiger partial charge in [-0.05, 0) is 86.3 Å². The maximum absolute atomic E-state index is 13.2. The Balaban J connectivity index is 0.885. The largest absolute Gasteiger partial charge is 0.496 e. The van der Waals surface area contributed by atoms with Crippen molar-refractivity contribution in [1.82, 2.24) is 14.8 Å². The number of likely N-dealkylation sites (tertiary alicyclic amines) is 2. The molecule has 4 amide bonds. The number of nitrogens with one attached hydrogen (secondary N) is 2. The van der Waals surface area contributed by atoms with Crippen LogP contribution in [0.5, 0.6) is 11.5 Å². The van der Waals surface area contributed by atoms with E-state index < -0.39 is 0 Å². The number of ether oxygens (including phenoxy) is 2. The molecule has 1 aromatic heterocycles. The molecule has 2 aliphatic rings. The number of para-hydroxylation sites is 2. The zero-order chi connectivity index (χ0) is 39.7.